The molecule has 0 aliphatic carbocycles. The molecular formula is C26H32O6. The first-order chi connectivity index (χ1) is 15.6. The lowest BCUT2D eigenvalue weighted by Crippen LogP contribution is -2.42. The first kappa shape index (κ1) is 23.1. The number of fused-ring (bicyclic) bond motifs is 1. The van der Waals surface area contributed by atoms with Crippen LogP contribution in [-0.4, -0.2) is 49.7 Å². The van der Waals surface area contributed by atoms with Crippen molar-refractivity contribution < 1.29 is 28.4 Å². The van der Waals surface area contributed by atoms with Crippen molar-refractivity contribution in [2.75, 3.05) is 13.2 Å². The highest BCUT2D eigenvalue weighted by Crippen LogP contribution is 2.40. The van der Waals surface area contributed by atoms with Crippen LogP contribution in [0.2, 0.25) is 0 Å². The number of hydrogen-bond acceptors (Lipinski definition) is 6. The van der Waals surface area contributed by atoms with Crippen molar-refractivity contribution in [2.45, 2.75) is 63.6 Å². The normalized spacial score (nSPS) is 27.2. The van der Waals surface area contributed by atoms with Gasteiger partial charge in [-0.05, 0) is 25.0 Å². The van der Waals surface area contributed by atoms with E-state index < -0.39 is 18.2 Å². The van der Waals surface area contributed by atoms with Gasteiger partial charge in [-0.1, -0.05) is 66.7 Å². The molecule has 0 amide bonds. The molecule has 2 aromatic rings. The van der Waals surface area contributed by atoms with Gasteiger partial charge in [0.15, 0.2) is 12.1 Å². The molecule has 2 aromatic carbocycles. The zero-order valence-corrected chi connectivity index (χ0v) is 18.7. The van der Waals surface area contributed by atoms with Gasteiger partial charge >= 0.3 is 0 Å². The van der Waals surface area contributed by atoms with Crippen LogP contribution >= 0.6 is 0 Å². The standard InChI is InChI=1S/C26H32O6/c1-4-15-28-25-24-23(31-26(2,3)32-24)22(30-25)21(29-17-20-13-9-6-10-14-20)18-27-16-19-11-7-5-8-12-19/h4-14,21-25H,1,15-18H2,2-3H3/t21-,22-,23+,24+,25+/m1/s1. The monoisotopic (exact) mass is 440 g/mol. The van der Waals surface area contributed by atoms with Crippen LogP contribution in [0.25, 0.3) is 0 Å². The molecule has 2 saturated heterocycles. The lowest BCUT2D eigenvalue weighted by Gasteiger charge is -2.29. The fourth-order valence-electron chi connectivity index (χ4n) is 4.07. The van der Waals surface area contributed by atoms with Crippen molar-refractivity contribution in [3.05, 3.63) is 84.4 Å². The summed E-state index contributed by atoms with van der Waals surface area (Å²) in [5.74, 6) is -0.720. The highest BCUT2D eigenvalue weighted by molar-refractivity contribution is 5.14. The first-order valence-electron chi connectivity index (χ1n) is 11.1. The summed E-state index contributed by atoms with van der Waals surface area (Å²) in [6.45, 7) is 9.18. The van der Waals surface area contributed by atoms with E-state index in [0.29, 0.717) is 26.4 Å². The molecular weight excluding hydrogens is 408 g/mol. The minimum atomic E-state index is -0.720. The van der Waals surface area contributed by atoms with Gasteiger partial charge in [0.25, 0.3) is 0 Å². The van der Waals surface area contributed by atoms with Gasteiger partial charge in [-0.2, -0.15) is 0 Å². The lowest BCUT2D eigenvalue weighted by molar-refractivity contribution is -0.247. The second-order valence-corrected chi connectivity index (χ2v) is 8.49. The smallest absolute Gasteiger partial charge is 0.187 e. The highest BCUT2D eigenvalue weighted by Gasteiger charge is 2.58. The van der Waals surface area contributed by atoms with E-state index >= 15 is 0 Å². The molecule has 6 heteroatoms. The summed E-state index contributed by atoms with van der Waals surface area (Å²) in [7, 11) is 0. The van der Waals surface area contributed by atoms with E-state index in [2.05, 4.69) is 6.58 Å². The Morgan fingerprint density at radius 2 is 1.56 bits per heavy atom. The number of rotatable bonds is 11. The van der Waals surface area contributed by atoms with Gasteiger partial charge in [0.05, 0.1) is 26.4 Å². The Morgan fingerprint density at radius 3 is 2.22 bits per heavy atom. The predicted octanol–water partition coefficient (Wildman–Crippen LogP) is 4.24. The molecule has 6 nitrogen and oxygen atoms in total. The Labute approximate surface area is 190 Å². The van der Waals surface area contributed by atoms with Gasteiger partial charge in [-0.15, -0.1) is 6.58 Å². The Morgan fingerprint density at radius 1 is 0.938 bits per heavy atom. The summed E-state index contributed by atoms with van der Waals surface area (Å²) in [6, 6.07) is 20.1. The minimum Gasteiger partial charge on any atom is -0.374 e. The van der Waals surface area contributed by atoms with Crippen molar-refractivity contribution in [3.8, 4) is 0 Å². The second kappa shape index (κ2) is 10.7. The van der Waals surface area contributed by atoms with E-state index in [0.717, 1.165) is 11.1 Å². The van der Waals surface area contributed by atoms with Crippen LogP contribution < -0.4 is 0 Å². The highest BCUT2D eigenvalue weighted by atomic mass is 16.8. The average molecular weight is 441 g/mol. The van der Waals surface area contributed by atoms with Crippen LogP contribution in [-0.2, 0) is 41.6 Å². The molecule has 0 radical (unpaired) electrons. The van der Waals surface area contributed by atoms with Gasteiger partial charge in [-0.3, -0.25) is 0 Å². The Kier molecular flexibility index (Phi) is 7.73. The molecule has 32 heavy (non-hydrogen) atoms. The molecule has 2 heterocycles. The molecule has 0 spiro atoms. The summed E-state index contributed by atoms with van der Waals surface area (Å²) < 4.78 is 36.7. The maximum absolute atomic E-state index is 6.32. The summed E-state index contributed by atoms with van der Waals surface area (Å²) >= 11 is 0. The molecule has 172 valence electrons. The first-order valence-corrected chi connectivity index (χ1v) is 11.1. The fourth-order valence-corrected chi connectivity index (χ4v) is 4.07. The Hall–Kier alpha value is -2.06. The van der Waals surface area contributed by atoms with Crippen LogP contribution in [0.15, 0.2) is 73.3 Å². The molecule has 2 fully saturated rings. The number of ether oxygens (including phenoxy) is 6. The topological polar surface area (TPSA) is 55.4 Å². The fraction of sp³-hybridized carbons (Fsp3) is 0.462. The molecule has 0 aromatic heterocycles. The molecule has 4 rings (SSSR count). The Bertz CT molecular complexity index is 840. The van der Waals surface area contributed by atoms with Crippen molar-refractivity contribution in [1.29, 1.82) is 0 Å². The van der Waals surface area contributed by atoms with Gasteiger partial charge in [-0.25, -0.2) is 0 Å². The van der Waals surface area contributed by atoms with Crippen molar-refractivity contribution in [3.63, 3.8) is 0 Å². The number of hydrogen-bond donors (Lipinski definition) is 0. The summed E-state index contributed by atoms with van der Waals surface area (Å²) in [5.41, 5.74) is 2.19. The minimum absolute atomic E-state index is 0.319. The van der Waals surface area contributed by atoms with E-state index in [1.165, 1.54) is 0 Å². The SMILES string of the molecule is C=CCO[C@H]1O[C@H]([C@@H](COCc2ccccc2)OCc2ccccc2)[C@@H]2OC(C)(C)O[C@H]12. The average Bonchev–Trinajstić information content (AvgIpc) is 3.29. The van der Waals surface area contributed by atoms with E-state index in [1.54, 1.807) is 6.08 Å². The zero-order valence-electron chi connectivity index (χ0n) is 18.7. The Balaban J connectivity index is 1.47. The molecule has 0 bridgehead atoms. The molecule has 5 atom stereocenters. The van der Waals surface area contributed by atoms with Crippen LogP contribution in [0.3, 0.4) is 0 Å². The van der Waals surface area contributed by atoms with Crippen molar-refractivity contribution >= 4 is 0 Å². The molecule has 2 aliphatic heterocycles. The second-order valence-electron chi connectivity index (χ2n) is 8.49. The van der Waals surface area contributed by atoms with Crippen LogP contribution in [0.5, 0.6) is 0 Å². The third-order valence-corrected chi connectivity index (χ3v) is 5.49. The molecule has 0 saturated carbocycles. The van der Waals surface area contributed by atoms with Gasteiger partial charge < -0.3 is 28.4 Å². The summed E-state index contributed by atoms with van der Waals surface area (Å²) in [6.07, 6.45) is -0.272. The molecule has 2 aliphatic rings. The lowest BCUT2D eigenvalue weighted by atomic mass is 10.1. The van der Waals surface area contributed by atoms with Crippen LogP contribution in [0.1, 0.15) is 25.0 Å². The van der Waals surface area contributed by atoms with E-state index in [4.69, 9.17) is 28.4 Å². The molecule has 0 unspecified atom stereocenters. The van der Waals surface area contributed by atoms with E-state index in [9.17, 15) is 0 Å². The van der Waals surface area contributed by atoms with Gasteiger partial charge in [0.1, 0.15) is 24.4 Å². The summed E-state index contributed by atoms with van der Waals surface area (Å²) in [5, 5.41) is 0. The predicted molar refractivity (Wildman–Crippen MR) is 120 cm³/mol. The van der Waals surface area contributed by atoms with E-state index in [1.807, 2.05) is 74.5 Å². The largest absolute Gasteiger partial charge is 0.374 e. The van der Waals surface area contributed by atoms with Gasteiger partial charge in [0.2, 0.25) is 0 Å². The maximum atomic E-state index is 6.32. The third kappa shape index (κ3) is 5.84. The third-order valence-electron chi connectivity index (χ3n) is 5.49. The van der Waals surface area contributed by atoms with Crippen LogP contribution in [0.4, 0.5) is 0 Å². The number of benzene rings is 2. The van der Waals surface area contributed by atoms with Gasteiger partial charge in [0, 0.05) is 0 Å². The van der Waals surface area contributed by atoms with Crippen molar-refractivity contribution in [2.24, 2.45) is 0 Å². The quantitative estimate of drug-likeness (QED) is 0.487. The summed E-state index contributed by atoms with van der Waals surface area (Å²) in [4.78, 5) is 0. The van der Waals surface area contributed by atoms with Crippen LogP contribution in [0, 0.1) is 0 Å². The zero-order chi connectivity index (χ0) is 22.4. The molecule has 0 N–H and O–H groups in total. The van der Waals surface area contributed by atoms with Crippen molar-refractivity contribution in [1.82, 2.24) is 0 Å². The maximum Gasteiger partial charge on any atom is 0.187 e. The van der Waals surface area contributed by atoms with E-state index in [-0.39, 0.29) is 18.3 Å².